The molecule has 1 amide bonds. The van der Waals surface area contributed by atoms with E-state index in [-0.39, 0.29) is 18.4 Å². The molecule has 0 atom stereocenters. The molecule has 140 valence electrons. The van der Waals surface area contributed by atoms with Crippen molar-refractivity contribution in [2.75, 3.05) is 11.9 Å². The lowest BCUT2D eigenvalue weighted by Crippen LogP contribution is -2.20. The average molecular weight is 439 g/mol. The standard InChI is InChI=1S/C20H15BrN4O3/c1-12-9-14(7-8-15(12)21)24-16(26)10-27-19-17-18(13-5-3-2-4-6-13)25-28-20(17)23-11-22-19/h2-9,11H,10H2,1H3,(H,24,26). The van der Waals surface area contributed by atoms with Crippen molar-refractivity contribution >= 4 is 38.6 Å². The smallest absolute Gasteiger partial charge is 0.265 e. The first-order chi connectivity index (χ1) is 13.6. The molecule has 0 bridgehead atoms. The third kappa shape index (κ3) is 3.72. The van der Waals surface area contributed by atoms with Crippen LogP contribution in [0.25, 0.3) is 22.4 Å². The lowest BCUT2D eigenvalue weighted by atomic mass is 10.1. The quantitative estimate of drug-likeness (QED) is 0.497. The molecule has 0 spiro atoms. The summed E-state index contributed by atoms with van der Waals surface area (Å²) in [5.74, 6) is -0.0570. The molecule has 0 saturated carbocycles. The maximum Gasteiger partial charge on any atom is 0.265 e. The van der Waals surface area contributed by atoms with Gasteiger partial charge in [-0.3, -0.25) is 4.79 Å². The van der Waals surface area contributed by atoms with E-state index in [1.807, 2.05) is 55.5 Å². The van der Waals surface area contributed by atoms with Crippen LogP contribution in [0, 0.1) is 6.92 Å². The number of carbonyl (C=O) groups excluding carboxylic acids is 1. The number of halogens is 1. The number of ether oxygens (including phenoxy) is 1. The van der Waals surface area contributed by atoms with E-state index in [2.05, 4.69) is 36.4 Å². The van der Waals surface area contributed by atoms with Gasteiger partial charge < -0.3 is 14.6 Å². The van der Waals surface area contributed by atoms with Crippen molar-refractivity contribution in [3.05, 3.63) is 64.9 Å². The highest BCUT2D eigenvalue weighted by molar-refractivity contribution is 9.10. The number of aryl methyl sites for hydroxylation is 1. The lowest BCUT2D eigenvalue weighted by Gasteiger charge is -2.09. The van der Waals surface area contributed by atoms with Crippen molar-refractivity contribution < 1.29 is 14.1 Å². The molecule has 0 aliphatic carbocycles. The van der Waals surface area contributed by atoms with Crippen molar-refractivity contribution in [1.82, 2.24) is 15.1 Å². The Kier molecular flexibility index (Phi) is 5.03. The van der Waals surface area contributed by atoms with E-state index in [1.54, 1.807) is 0 Å². The Labute approximate surface area is 168 Å². The molecule has 7 nitrogen and oxygen atoms in total. The van der Waals surface area contributed by atoms with Gasteiger partial charge in [-0.1, -0.05) is 51.4 Å². The number of nitrogens with one attached hydrogen (secondary N) is 1. The van der Waals surface area contributed by atoms with Crippen LogP contribution in [0.1, 0.15) is 5.56 Å². The summed E-state index contributed by atoms with van der Waals surface area (Å²) in [6.07, 6.45) is 1.31. The third-order valence-corrected chi connectivity index (χ3v) is 4.96. The maximum absolute atomic E-state index is 12.3. The Hall–Kier alpha value is -3.26. The number of nitrogens with zero attached hydrogens (tertiary/aromatic N) is 3. The molecule has 8 heteroatoms. The fourth-order valence-corrected chi connectivity index (χ4v) is 2.96. The van der Waals surface area contributed by atoms with Gasteiger partial charge >= 0.3 is 0 Å². The van der Waals surface area contributed by atoms with E-state index in [0.29, 0.717) is 22.5 Å². The second kappa shape index (κ2) is 7.77. The topological polar surface area (TPSA) is 90.1 Å². The molecule has 0 saturated heterocycles. The van der Waals surface area contributed by atoms with Crippen molar-refractivity contribution in [3.8, 4) is 17.1 Å². The molecule has 0 aliphatic rings. The summed E-state index contributed by atoms with van der Waals surface area (Å²) >= 11 is 3.44. The first-order valence-corrected chi connectivity index (χ1v) is 9.26. The minimum absolute atomic E-state index is 0.208. The predicted molar refractivity (Wildman–Crippen MR) is 108 cm³/mol. The Morgan fingerprint density at radius 1 is 1.18 bits per heavy atom. The first-order valence-electron chi connectivity index (χ1n) is 8.46. The summed E-state index contributed by atoms with van der Waals surface area (Å²) in [6.45, 7) is 1.74. The van der Waals surface area contributed by atoms with Gasteiger partial charge in [-0.2, -0.15) is 4.98 Å². The molecule has 2 aromatic heterocycles. The first kappa shape index (κ1) is 18.1. The average Bonchev–Trinajstić information content (AvgIpc) is 3.15. The zero-order chi connectivity index (χ0) is 19.5. The Bertz CT molecular complexity index is 1140. The summed E-state index contributed by atoms with van der Waals surface area (Å²) < 4.78 is 11.9. The molecule has 0 unspecified atom stereocenters. The molecule has 2 aromatic carbocycles. The van der Waals surface area contributed by atoms with Crippen molar-refractivity contribution in [2.24, 2.45) is 0 Å². The summed E-state index contributed by atoms with van der Waals surface area (Å²) in [5.41, 5.74) is 3.42. The van der Waals surface area contributed by atoms with Gasteiger partial charge in [0.05, 0.1) is 0 Å². The minimum atomic E-state index is -0.300. The fourth-order valence-electron chi connectivity index (χ4n) is 2.72. The molecule has 0 aliphatic heterocycles. The van der Waals surface area contributed by atoms with Gasteiger partial charge in [-0.05, 0) is 30.7 Å². The zero-order valence-corrected chi connectivity index (χ0v) is 16.4. The van der Waals surface area contributed by atoms with E-state index >= 15 is 0 Å². The van der Waals surface area contributed by atoms with Crippen LogP contribution in [0.5, 0.6) is 5.88 Å². The summed E-state index contributed by atoms with van der Waals surface area (Å²) in [4.78, 5) is 20.5. The number of hydrogen-bond acceptors (Lipinski definition) is 6. The molecule has 1 N–H and O–H groups in total. The van der Waals surface area contributed by atoms with Gasteiger partial charge in [0.1, 0.15) is 17.4 Å². The normalized spacial score (nSPS) is 10.8. The number of aromatic nitrogens is 3. The number of hydrogen-bond donors (Lipinski definition) is 1. The summed E-state index contributed by atoms with van der Waals surface area (Å²) in [6, 6.07) is 15.1. The van der Waals surface area contributed by atoms with Crippen LogP contribution in [0.3, 0.4) is 0 Å². The highest BCUT2D eigenvalue weighted by Crippen LogP contribution is 2.32. The number of fused-ring (bicyclic) bond motifs is 1. The highest BCUT2D eigenvalue weighted by atomic mass is 79.9. The van der Waals surface area contributed by atoms with Crippen molar-refractivity contribution in [1.29, 1.82) is 0 Å². The Balaban J connectivity index is 1.54. The van der Waals surface area contributed by atoms with Gasteiger partial charge in [-0.25, -0.2) is 4.98 Å². The van der Waals surface area contributed by atoms with Crippen LogP contribution >= 0.6 is 15.9 Å². The van der Waals surface area contributed by atoms with Gasteiger partial charge in [0, 0.05) is 15.7 Å². The largest absolute Gasteiger partial charge is 0.467 e. The van der Waals surface area contributed by atoms with Gasteiger partial charge in [-0.15, -0.1) is 0 Å². The van der Waals surface area contributed by atoms with Gasteiger partial charge in [0.25, 0.3) is 11.6 Å². The molecule has 0 fully saturated rings. The molecular formula is C20H15BrN4O3. The lowest BCUT2D eigenvalue weighted by molar-refractivity contribution is -0.118. The van der Waals surface area contributed by atoms with Crippen LogP contribution in [-0.2, 0) is 4.79 Å². The fraction of sp³-hybridized carbons (Fsp3) is 0.100. The summed E-state index contributed by atoms with van der Waals surface area (Å²) in [7, 11) is 0. The number of amides is 1. The predicted octanol–water partition coefficient (Wildman–Crippen LogP) is 4.37. The molecule has 28 heavy (non-hydrogen) atoms. The monoisotopic (exact) mass is 438 g/mol. The highest BCUT2D eigenvalue weighted by Gasteiger charge is 2.18. The second-order valence-corrected chi connectivity index (χ2v) is 6.91. The minimum Gasteiger partial charge on any atom is -0.467 e. The number of anilines is 1. The van der Waals surface area contributed by atoms with Crippen LogP contribution in [-0.4, -0.2) is 27.6 Å². The molecule has 0 radical (unpaired) electrons. The number of benzene rings is 2. The number of rotatable bonds is 5. The van der Waals surface area contributed by atoms with Crippen LogP contribution in [0.4, 0.5) is 5.69 Å². The number of carbonyl (C=O) groups is 1. The SMILES string of the molecule is Cc1cc(NC(=O)COc2ncnc3onc(-c4ccccc4)c23)ccc1Br. The molecule has 4 aromatic rings. The van der Waals surface area contributed by atoms with Gasteiger partial charge in [0.2, 0.25) is 5.88 Å². The van der Waals surface area contributed by atoms with E-state index in [1.165, 1.54) is 6.33 Å². The van der Waals surface area contributed by atoms with Crippen LogP contribution in [0.15, 0.2) is 63.9 Å². The van der Waals surface area contributed by atoms with E-state index in [9.17, 15) is 4.79 Å². The van der Waals surface area contributed by atoms with Gasteiger partial charge in [0.15, 0.2) is 6.61 Å². The van der Waals surface area contributed by atoms with Crippen molar-refractivity contribution in [3.63, 3.8) is 0 Å². The molecular weight excluding hydrogens is 424 g/mol. The maximum atomic E-state index is 12.3. The van der Waals surface area contributed by atoms with E-state index in [0.717, 1.165) is 15.6 Å². The zero-order valence-electron chi connectivity index (χ0n) is 14.8. The third-order valence-electron chi connectivity index (χ3n) is 4.07. The van der Waals surface area contributed by atoms with Crippen LogP contribution in [0.2, 0.25) is 0 Å². The molecule has 4 rings (SSSR count). The van der Waals surface area contributed by atoms with Crippen molar-refractivity contribution in [2.45, 2.75) is 6.92 Å². The summed E-state index contributed by atoms with van der Waals surface area (Å²) in [5, 5.41) is 7.41. The van der Waals surface area contributed by atoms with E-state index < -0.39 is 0 Å². The Morgan fingerprint density at radius 3 is 2.79 bits per heavy atom. The van der Waals surface area contributed by atoms with Crippen LogP contribution < -0.4 is 10.1 Å². The van der Waals surface area contributed by atoms with E-state index in [4.69, 9.17) is 9.26 Å². The second-order valence-electron chi connectivity index (χ2n) is 6.06. The Morgan fingerprint density at radius 2 is 2.00 bits per heavy atom. The molecule has 2 heterocycles.